The number of thioether (sulfide) groups is 1. The number of ether oxygens (including phenoxy) is 1. The first kappa shape index (κ1) is 18.4. The minimum atomic E-state index is -1.07. The first-order chi connectivity index (χ1) is 11.4. The summed E-state index contributed by atoms with van der Waals surface area (Å²) in [7, 11) is 0. The Labute approximate surface area is 149 Å². The number of nitrogens with one attached hydrogen (secondary N) is 1. The molecule has 0 aliphatic carbocycles. The van der Waals surface area contributed by atoms with Gasteiger partial charge in [-0.25, -0.2) is 8.78 Å². The summed E-state index contributed by atoms with van der Waals surface area (Å²) in [6.07, 6.45) is 0. The number of rotatable bonds is 6. The Kier molecular flexibility index (Phi) is 6.74. The van der Waals surface area contributed by atoms with E-state index in [-0.39, 0.29) is 11.4 Å². The maximum atomic E-state index is 13.0. The smallest absolute Gasteiger partial charge is 0.316 e. The number of carbonyl (C=O) groups excluding carboxylic acids is 2. The molecule has 0 atom stereocenters. The van der Waals surface area contributed by atoms with Gasteiger partial charge < -0.3 is 10.1 Å². The lowest BCUT2D eigenvalue weighted by Crippen LogP contribution is -2.21. The van der Waals surface area contributed by atoms with E-state index in [0.717, 1.165) is 21.5 Å². The van der Waals surface area contributed by atoms with Crippen molar-refractivity contribution >= 4 is 45.3 Å². The number of anilines is 1. The third-order valence-electron chi connectivity index (χ3n) is 2.74. The van der Waals surface area contributed by atoms with Gasteiger partial charge in [0.15, 0.2) is 18.2 Å². The summed E-state index contributed by atoms with van der Waals surface area (Å²) in [5.74, 6) is -3.22. The molecule has 0 radical (unpaired) electrons. The monoisotopic (exact) mass is 415 g/mol. The number of carbonyl (C=O) groups is 2. The van der Waals surface area contributed by atoms with Crippen LogP contribution < -0.4 is 5.32 Å². The Balaban J connectivity index is 1.73. The highest BCUT2D eigenvalue weighted by molar-refractivity contribution is 9.10. The van der Waals surface area contributed by atoms with Crippen molar-refractivity contribution in [3.8, 4) is 0 Å². The van der Waals surface area contributed by atoms with Gasteiger partial charge >= 0.3 is 5.97 Å². The van der Waals surface area contributed by atoms with Gasteiger partial charge in [0, 0.05) is 21.1 Å². The van der Waals surface area contributed by atoms with Crippen molar-refractivity contribution in [1.29, 1.82) is 0 Å². The molecule has 0 saturated heterocycles. The van der Waals surface area contributed by atoms with Gasteiger partial charge in [-0.1, -0.05) is 15.9 Å². The Morgan fingerprint density at radius 3 is 2.46 bits per heavy atom. The van der Waals surface area contributed by atoms with Crippen LogP contribution in [0.25, 0.3) is 0 Å². The SMILES string of the molecule is O=C(COC(=O)CSc1ccc(Br)cc1)Nc1ccc(F)c(F)c1. The fourth-order valence-electron chi connectivity index (χ4n) is 1.63. The van der Waals surface area contributed by atoms with Crippen LogP contribution in [-0.4, -0.2) is 24.2 Å². The molecule has 0 fully saturated rings. The van der Waals surface area contributed by atoms with Crippen molar-refractivity contribution in [2.75, 3.05) is 17.7 Å². The third-order valence-corrected chi connectivity index (χ3v) is 4.25. The lowest BCUT2D eigenvalue weighted by atomic mass is 10.3. The summed E-state index contributed by atoms with van der Waals surface area (Å²) in [5, 5.41) is 2.31. The second-order valence-corrected chi connectivity index (χ2v) is 6.54. The highest BCUT2D eigenvalue weighted by Crippen LogP contribution is 2.20. The molecule has 0 saturated carbocycles. The van der Waals surface area contributed by atoms with Crippen LogP contribution in [0.2, 0.25) is 0 Å². The second-order valence-electron chi connectivity index (χ2n) is 4.58. The average Bonchev–Trinajstić information content (AvgIpc) is 2.56. The zero-order valence-electron chi connectivity index (χ0n) is 12.2. The summed E-state index contributed by atoms with van der Waals surface area (Å²) in [6.45, 7) is -0.501. The Morgan fingerprint density at radius 1 is 1.08 bits per heavy atom. The largest absolute Gasteiger partial charge is 0.455 e. The Bertz CT molecular complexity index is 741. The quantitative estimate of drug-likeness (QED) is 0.572. The van der Waals surface area contributed by atoms with Crippen molar-refractivity contribution in [2.24, 2.45) is 0 Å². The molecule has 0 heterocycles. The summed E-state index contributed by atoms with van der Waals surface area (Å²) >= 11 is 4.59. The standard InChI is InChI=1S/C16H12BrF2NO3S/c17-10-1-4-12(5-2-10)24-9-16(22)23-8-15(21)20-11-3-6-13(18)14(19)7-11/h1-7H,8-9H2,(H,20,21). The molecule has 8 heteroatoms. The average molecular weight is 416 g/mol. The van der Waals surface area contributed by atoms with Crippen LogP contribution in [0.3, 0.4) is 0 Å². The van der Waals surface area contributed by atoms with E-state index >= 15 is 0 Å². The summed E-state index contributed by atoms with van der Waals surface area (Å²) in [5.41, 5.74) is 0.0826. The minimum absolute atomic E-state index is 0.0556. The first-order valence-corrected chi connectivity index (χ1v) is 8.51. The van der Waals surface area contributed by atoms with E-state index in [9.17, 15) is 18.4 Å². The van der Waals surface area contributed by atoms with Gasteiger partial charge in [0.25, 0.3) is 5.91 Å². The maximum Gasteiger partial charge on any atom is 0.316 e. The molecule has 0 aliphatic heterocycles. The van der Waals surface area contributed by atoms with Crippen LogP contribution >= 0.6 is 27.7 Å². The molecule has 0 aliphatic rings. The fraction of sp³-hybridized carbons (Fsp3) is 0.125. The molecule has 1 N–H and O–H groups in total. The molecular formula is C16H12BrF2NO3S. The molecule has 2 rings (SSSR count). The maximum absolute atomic E-state index is 13.0. The van der Waals surface area contributed by atoms with Crippen molar-refractivity contribution in [3.63, 3.8) is 0 Å². The van der Waals surface area contributed by atoms with E-state index in [4.69, 9.17) is 4.74 Å². The fourth-order valence-corrected chi connectivity index (χ4v) is 2.59. The number of hydrogen-bond donors (Lipinski definition) is 1. The molecule has 0 spiro atoms. The Hall–Kier alpha value is -1.93. The van der Waals surface area contributed by atoms with Gasteiger partial charge in [0.1, 0.15) is 0 Å². The summed E-state index contributed by atoms with van der Waals surface area (Å²) in [4.78, 5) is 24.1. The topological polar surface area (TPSA) is 55.4 Å². The van der Waals surface area contributed by atoms with E-state index in [2.05, 4.69) is 21.2 Å². The van der Waals surface area contributed by atoms with Gasteiger partial charge in [0.2, 0.25) is 0 Å². The number of amides is 1. The highest BCUT2D eigenvalue weighted by Gasteiger charge is 2.10. The minimum Gasteiger partial charge on any atom is -0.455 e. The van der Waals surface area contributed by atoms with Crippen LogP contribution in [0.5, 0.6) is 0 Å². The normalized spacial score (nSPS) is 10.3. The van der Waals surface area contributed by atoms with Crippen LogP contribution in [0, 0.1) is 11.6 Å². The molecule has 0 aromatic heterocycles. The lowest BCUT2D eigenvalue weighted by molar-refractivity contribution is -0.144. The van der Waals surface area contributed by atoms with Crippen LogP contribution in [-0.2, 0) is 14.3 Å². The van der Waals surface area contributed by atoms with E-state index in [1.807, 2.05) is 24.3 Å². The molecular weight excluding hydrogens is 404 g/mol. The van der Waals surface area contributed by atoms with E-state index in [1.54, 1.807) is 0 Å². The molecule has 2 aromatic rings. The zero-order valence-corrected chi connectivity index (χ0v) is 14.6. The molecule has 2 aromatic carbocycles. The number of halogens is 3. The molecule has 24 heavy (non-hydrogen) atoms. The first-order valence-electron chi connectivity index (χ1n) is 6.73. The second kappa shape index (κ2) is 8.79. The van der Waals surface area contributed by atoms with E-state index in [0.29, 0.717) is 0 Å². The predicted octanol–water partition coefficient (Wildman–Crippen LogP) is 4.00. The highest BCUT2D eigenvalue weighted by atomic mass is 79.9. The van der Waals surface area contributed by atoms with Gasteiger partial charge in [-0.15, -0.1) is 11.8 Å². The third kappa shape index (κ3) is 5.93. The van der Waals surface area contributed by atoms with Crippen LogP contribution in [0.15, 0.2) is 51.8 Å². The molecule has 126 valence electrons. The van der Waals surface area contributed by atoms with Gasteiger partial charge in [-0.05, 0) is 36.4 Å². The molecule has 4 nitrogen and oxygen atoms in total. The van der Waals surface area contributed by atoms with Crippen molar-refractivity contribution in [1.82, 2.24) is 0 Å². The van der Waals surface area contributed by atoms with E-state index in [1.165, 1.54) is 17.8 Å². The van der Waals surface area contributed by atoms with Gasteiger partial charge in [0.05, 0.1) is 5.75 Å². The number of benzene rings is 2. The predicted molar refractivity (Wildman–Crippen MR) is 90.8 cm³/mol. The zero-order chi connectivity index (χ0) is 17.5. The Morgan fingerprint density at radius 2 is 1.79 bits per heavy atom. The molecule has 0 unspecified atom stereocenters. The van der Waals surface area contributed by atoms with Gasteiger partial charge in [-0.2, -0.15) is 0 Å². The van der Waals surface area contributed by atoms with Crippen molar-refractivity contribution < 1.29 is 23.1 Å². The summed E-state index contributed by atoms with van der Waals surface area (Å²) < 4.78 is 31.5. The molecule has 0 bridgehead atoms. The van der Waals surface area contributed by atoms with Crippen molar-refractivity contribution in [3.05, 3.63) is 58.6 Å². The van der Waals surface area contributed by atoms with Gasteiger partial charge in [-0.3, -0.25) is 9.59 Å². The number of hydrogen-bond acceptors (Lipinski definition) is 4. The van der Waals surface area contributed by atoms with Crippen molar-refractivity contribution in [2.45, 2.75) is 4.90 Å². The number of esters is 1. The van der Waals surface area contributed by atoms with Crippen LogP contribution in [0.1, 0.15) is 0 Å². The van der Waals surface area contributed by atoms with Crippen LogP contribution in [0.4, 0.5) is 14.5 Å². The van der Waals surface area contributed by atoms with E-state index < -0.39 is 30.1 Å². The summed E-state index contributed by atoms with van der Waals surface area (Å²) in [6, 6.07) is 10.3. The lowest BCUT2D eigenvalue weighted by Gasteiger charge is -2.07. The molecule has 1 amide bonds.